The lowest BCUT2D eigenvalue weighted by Gasteiger charge is -2.10. The molecule has 0 saturated heterocycles. The topological polar surface area (TPSA) is 9.23 Å². The number of para-hydroxylation sites is 1. The lowest BCUT2D eigenvalue weighted by molar-refractivity contribution is 0.372. The van der Waals surface area contributed by atoms with Crippen molar-refractivity contribution in [1.82, 2.24) is 0 Å². The van der Waals surface area contributed by atoms with Crippen LogP contribution >= 0.6 is 11.6 Å². The first-order valence-electron chi connectivity index (χ1n) is 5.33. The molecule has 2 rings (SSSR count). The molecule has 0 N–H and O–H groups in total. The van der Waals surface area contributed by atoms with Crippen LogP contribution < -0.4 is 4.74 Å². The minimum Gasteiger partial charge on any atom is -0.480 e. The molecule has 0 amide bonds. The highest BCUT2D eigenvalue weighted by molar-refractivity contribution is 6.30. The number of rotatable bonds is 3. The van der Waals surface area contributed by atoms with Crippen LogP contribution in [0.25, 0.3) is 11.1 Å². The average Bonchev–Trinajstić information content (AvgIpc) is 2.40. The van der Waals surface area contributed by atoms with Crippen LogP contribution in [0, 0.1) is 18.2 Å². The molecule has 0 atom stereocenters. The van der Waals surface area contributed by atoms with Crippen molar-refractivity contribution < 1.29 is 9.13 Å². The standard InChI is InChI=1S/C15H10ClFO/c1-2-9-18-15-6-4-3-5-12(15)11-7-8-13(16)14(17)10-11/h1,3-8,10H,9H2. The summed E-state index contributed by atoms with van der Waals surface area (Å²) in [7, 11) is 0. The van der Waals surface area contributed by atoms with Crippen LogP contribution in [0.2, 0.25) is 5.02 Å². The largest absolute Gasteiger partial charge is 0.480 e. The Morgan fingerprint density at radius 3 is 2.72 bits per heavy atom. The maximum absolute atomic E-state index is 13.4. The van der Waals surface area contributed by atoms with E-state index in [1.807, 2.05) is 18.2 Å². The minimum absolute atomic E-state index is 0.0979. The third-order valence-electron chi connectivity index (χ3n) is 2.43. The Morgan fingerprint density at radius 1 is 1.22 bits per heavy atom. The van der Waals surface area contributed by atoms with Gasteiger partial charge in [-0.15, -0.1) is 6.42 Å². The van der Waals surface area contributed by atoms with Gasteiger partial charge in [0, 0.05) is 5.56 Å². The second kappa shape index (κ2) is 5.57. The summed E-state index contributed by atoms with van der Waals surface area (Å²) < 4.78 is 18.9. The van der Waals surface area contributed by atoms with Gasteiger partial charge in [0.25, 0.3) is 0 Å². The van der Waals surface area contributed by atoms with Crippen LogP contribution in [0.15, 0.2) is 42.5 Å². The van der Waals surface area contributed by atoms with E-state index in [0.29, 0.717) is 11.3 Å². The smallest absolute Gasteiger partial charge is 0.148 e. The summed E-state index contributed by atoms with van der Waals surface area (Å²) in [4.78, 5) is 0. The number of benzene rings is 2. The predicted molar refractivity (Wildman–Crippen MR) is 71.2 cm³/mol. The number of terminal acetylenes is 1. The lowest BCUT2D eigenvalue weighted by Crippen LogP contribution is -1.95. The van der Waals surface area contributed by atoms with Crippen molar-refractivity contribution in [2.24, 2.45) is 0 Å². The van der Waals surface area contributed by atoms with Crippen LogP contribution in [-0.2, 0) is 0 Å². The molecule has 0 aromatic heterocycles. The molecule has 0 saturated carbocycles. The van der Waals surface area contributed by atoms with E-state index in [-0.39, 0.29) is 11.6 Å². The molecule has 0 heterocycles. The fourth-order valence-electron chi connectivity index (χ4n) is 1.61. The van der Waals surface area contributed by atoms with Crippen LogP contribution in [0.4, 0.5) is 4.39 Å². The van der Waals surface area contributed by atoms with Gasteiger partial charge in [0.2, 0.25) is 0 Å². The highest BCUT2D eigenvalue weighted by atomic mass is 35.5. The van der Waals surface area contributed by atoms with Crippen molar-refractivity contribution in [2.45, 2.75) is 0 Å². The number of hydrogen-bond acceptors (Lipinski definition) is 1. The lowest BCUT2D eigenvalue weighted by atomic mass is 10.0. The van der Waals surface area contributed by atoms with Crippen LogP contribution in [0.3, 0.4) is 0 Å². The van der Waals surface area contributed by atoms with E-state index in [2.05, 4.69) is 5.92 Å². The summed E-state index contributed by atoms with van der Waals surface area (Å²) in [5.41, 5.74) is 1.48. The van der Waals surface area contributed by atoms with Crippen molar-refractivity contribution in [2.75, 3.05) is 6.61 Å². The van der Waals surface area contributed by atoms with Crippen molar-refractivity contribution in [3.63, 3.8) is 0 Å². The summed E-state index contributed by atoms with van der Waals surface area (Å²) >= 11 is 5.66. The summed E-state index contributed by atoms with van der Waals surface area (Å²) in [6, 6.07) is 12.0. The normalized spacial score (nSPS) is 9.83. The van der Waals surface area contributed by atoms with E-state index < -0.39 is 5.82 Å². The molecule has 3 heteroatoms. The average molecular weight is 261 g/mol. The summed E-state index contributed by atoms with van der Waals surface area (Å²) in [5.74, 6) is 2.56. The maximum atomic E-state index is 13.4. The third kappa shape index (κ3) is 2.64. The third-order valence-corrected chi connectivity index (χ3v) is 2.74. The molecule has 2 aromatic carbocycles. The Bertz CT molecular complexity index is 602. The Labute approximate surface area is 110 Å². The molecule has 0 bridgehead atoms. The SMILES string of the molecule is C#CCOc1ccccc1-c1ccc(Cl)c(F)c1. The van der Waals surface area contributed by atoms with E-state index in [1.54, 1.807) is 12.1 Å². The molecule has 0 fully saturated rings. The molecule has 0 aliphatic heterocycles. The Hall–Kier alpha value is -1.98. The Balaban J connectivity index is 2.43. The highest BCUT2D eigenvalue weighted by Gasteiger charge is 2.08. The molecule has 0 aliphatic carbocycles. The van der Waals surface area contributed by atoms with Gasteiger partial charge in [-0.3, -0.25) is 0 Å². The van der Waals surface area contributed by atoms with Gasteiger partial charge in [-0.2, -0.15) is 0 Å². The van der Waals surface area contributed by atoms with Gasteiger partial charge in [-0.05, 0) is 23.8 Å². The monoisotopic (exact) mass is 260 g/mol. The summed E-state index contributed by atoms with van der Waals surface area (Å²) in [5, 5.41) is 0.0979. The molecule has 0 radical (unpaired) electrons. The number of ether oxygens (including phenoxy) is 1. The molecule has 1 nitrogen and oxygen atoms in total. The first-order chi connectivity index (χ1) is 8.72. The Morgan fingerprint density at radius 2 is 2.00 bits per heavy atom. The zero-order valence-corrected chi connectivity index (χ0v) is 10.2. The molecule has 2 aromatic rings. The van der Waals surface area contributed by atoms with Gasteiger partial charge in [-0.1, -0.05) is 41.8 Å². The fourth-order valence-corrected chi connectivity index (χ4v) is 1.73. The summed E-state index contributed by atoms with van der Waals surface area (Å²) in [6.45, 7) is 0.174. The molecular weight excluding hydrogens is 251 g/mol. The highest BCUT2D eigenvalue weighted by Crippen LogP contribution is 2.31. The van der Waals surface area contributed by atoms with Crippen molar-refractivity contribution in [1.29, 1.82) is 0 Å². The van der Waals surface area contributed by atoms with Gasteiger partial charge >= 0.3 is 0 Å². The van der Waals surface area contributed by atoms with Crippen molar-refractivity contribution >= 4 is 11.6 Å². The quantitative estimate of drug-likeness (QED) is 0.753. The minimum atomic E-state index is -0.457. The fraction of sp³-hybridized carbons (Fsp3) is 0.0667. The van der Waals surface area contributed by atoms with Gasteiger partial charge in [0.05, 0.1) is 5.02 Å². The second-order valence-electron chi connectivity index (χ2n) is 3.62. The second-order valence-corrected chi connectivity index (χ2v) is 4.03. The van der Waals surface area contributed by atoms with E-state index >= 15 is 0 Å². The van der Waals surface area contributed by atoms with E-state index in [1.165, 1.54) is 12.1 Å². The zero-order chi connectivity index (χ0) is 13.0. The zero-order valence-electron chi connectivity index (χ0n) is 9.49. The molecule has 0 aliphatic rings. The predicted octanol–water partition coefficient (Wildman–Crippen LogP) is 4.16. The van der Waals surface area contributed by atoms with Crippen LogP contribution in [0.5, 0.6) is 5.75 Å². The van der Waals surface area contributed by atoms with E-state index in [9.17, 15) is 4.39 Å². The van der Waals surface area contributed by atoms with Gasteiger partial charge < -0.3 is 4.74 Å². The van der Waals surface area contributed by atoms with E-state index in [4.69, 9.17) is 22.8 Å². The first-order valence-corrected chi connectivity index (χ1v) is 5.71. The molecule has 0 spiro atoms. The van der Waals surface area contributed by atoms with Gasteiger partial charge in [0.15, 0.2) is 0 Å². The van der Waals surface area contributed by atoms with Crippen molar-refractivity contribution in [3.8, 4) is 29.2 Å². The molecule has 0 unspecified atom stereocenters. The molecular formula is C15H10ClFO. The molecule has 18 heavy (non-hydrogen) atoms. The molecule has 90 valence electrons. The number of hydrogen-bond donors (Lipinski definition) is 0. The van der Waals surface area contributed by atoms with Gasteiger partial charge in [-0.25, -0.2) is 4.39 Å². The maximum Gasteiger partial charge on any atom is 0.148 e. The number of halogens is 2. The summed E-state index contributed by atoms with van der Waals surface area (Å²) in [6.07, 6.45) is 5.16. The van der Waals surface area contributed by atoms with E-state index in [0.717, 1.165) is 5.56 Å². The Kier molecular flexibility index (Phi) is 3.86. The van der Waals surface area contributed by atoms with Crippen molar-refractivity contribution in [3.05, 3.63) is 53.3 Å². The van der Waals surface area contributed by atoms with Crippen LogP contribution in [0.1, 0.15) is 0 Å². The first kappa shape index (κ1) is 12.5. The van der Waals surface area contributed by atoms with Crippen LogP contribution in [-0.4, -0.2) is 6.61 Å². The van der Waals surface area contributed by atoms with Gasteiger partial charge in [0.1, 0.15) is 18.2 Å².